The van der Waals surface area contributed by atoms with Crippen molar-refractivity contribution in [2.24, 2.45) is 17.8 Å². The zero-order valence-corrected chi connectivity index (χ0v) is 9.52. The Hall–Kier alpha value is -1.25. The molecular formula is C13H19N3. The fourth-order valence-corrected chi connectivity index (χ4v) is 2.54. The van der Waals surface area contributed by atoms with Gasteiger partial charge in [-0.3, -0.25) is 0 Å². The van der Waals surface area contributed by atoms with Crippen molar-refractivity contribution in [2.45, 2.75) is 25.7 Å². The van der Waals surface area contributed by atoms with Crippen LogP contribution in [0.1, 0.15) is 25.7 Å². The maximum atomic E-state index is 5.66. The number of pyridine rings is 1. The van der Waals surface area contributed by atoms with E-state index < -0.39 is 0 Å². The van der Waals surface area contributed by atoms with Gasteiger partial charge in [-0.15, -0.1) is 0 Å². The molecule has 0 atom stereocenters. The highest BCUT2D eigenvalue weighted by atomic mass is 15.0. The van der Waals surface area contributed by atoms with Crippen LogP contribution in [0.15, 0.2) is 18.2 Å². The van der Waals surface area contributed by atoms with Crippen LogP contribution < -0.4 is 11.1 Å². The molecule has 3 heteroatoms. The molecule has 0 saturated heterocycles. The van der Waals surface area contributed by atoms with Gasteiger partial charge in [0.25, 0.3) is 0 Å². The third-order valence-corrected chi connectivity index (χ3v) is 3.74. The summed E-state index contributed by atoms with van der Waals surface area (Å²) in [6.07, 6.45) is 5.75. The smallest absolute Gasteiger partial charge is 0.128 e. The van der Waals surface area contributed by atoms with Gasteiger partial charge in [0, 0.05) is 6.54 Å². The Morgan fingerprint density at radius 3 is 2.50 bits per heavy atom. The summed E-state index contributed by atoms with van der Waals surface area (Å²) in [7, 11) is 0. The number of nitrogen functional groups attached to an aromatic ring is 1. The van der Waals surface area contributed by atoms with E-state index in [9.17, 15) is 0 Å². The van der Waals surface area contributed by atoms with Gasteiger partial charge in [0.15, 0.2) is 0 Å². The predicted molar refractivity (Wildman–Crippen MR) is 66.1 cm³/mol. The molecule has 3 rings (SSSR count). The summed E-state index contributed by atoms with van der Waals surface area (Å²) in [5.41, 5.74) is 5.66. The molecule has 3 N–H and O–H groups in total. The van der Waals surface area contributed by atoms with E-state index in [-0.39, 0.29) is 0 Å². The van der Waals surface area contributed by atoms with Crippen molar-refractivity contribution in [3.8, 4) is 0 Å². The summed E-state index contributed by atoms with van der Waals surface area (Å²) in [6, 6.07) is 5.77. The highest BCUT2D eigenvalue weighted by Crippen LogP contribution is 2.49. The van der Waals surface area contributed by atoms with Gasteiger partial charge in [0.05, 0.1) is 0 Å². The molecular weight excluding hydrogens is 198 g/mol. The first-order valence-corrected chi connectivity index (χ1v) is 6.29. The predicted octanol–water partition coefficient (Wildman–Crippen LogP) is 2.51. The Bertz CT molecular complexity index is 357. The quantitative estimate of drug-likeness (QED) is 0.796. The maximum absolute atomic E-state index is 5.66. The Morgan fingerprint density at radius 2 is 1.94 bits per heavy atom. The molecule has 0 radical (unpaired) electrons. The number of nitrogens with one attached hydrogen (secondary N) is 1. The minimum absolute atomic E-state index is 0.597. The average molecular weight is 217 g/mol. The van der Waals surface area contributed by atoms with Gasteiger partial charge in [-0.25, -0.2) is 4.98 Å². The Labute approximate surface area is 96.4 Å². The van der Waals surface area contributed by atoms with Crippen LogP contribution in [0.2, 0.25) is 0 Å². The molecule has 2 aliphatic rings. The van der Waals surface area contributed by atoms with Crippen molar-refractivity contribution in [1.82, 2.24) is 4.98 Å². The summed E-state index contributed by atoms with van der Waals surface area (Å²) in [6.45, 7) is 1.08. The lowest BCUT2D eigenvalue weighted by Crippen LogP contribution is -2.18. The fourth-order valence-electron chi connectivity index (χ4n) is 2.54. The van der Waals surface area contributed by atoms with Gasteiger partial charge in [0.2, 0.25) is 0 Å². The minimum atomic E-state index is 0.597. The zero-order valence-electron chi connectivity index (χ0n) is 9.52. The summed E-state index contributed by atoms with van der Waals surface area (Å²) in [5.74, 6) is 4.37. The monoisotopic (exact) mass is 217 g/mol. The Balaban J connectivity index is 1.58. The zero-order chi connectivity index (χ0) is 11.0. The van der Waals surface area contributed by atoms with Gasteiger partial charge >= 0.3 is 0 Å². The number of anilines is 2. The third-order valence-electron chi connectivity index (χ3n) is 3.74. The number of aromatic nitrogens is 1. The van der Waals surface area contributed by atoms with Crippen molar-refractivity contribution >= 4 is 11.6 Å². The molecule has 0 aromatic carbocycles. The molecule has 2 saturated carbocycles. The molecule has 0 spiro atoms. The number of hydrogen-bond donors (Lipinski definition) is 2. The number of nitrogens with two attached hydrogens (primary N) is 1. The number of hydrogen-bond acceptors (Lipinski definition) is 3. The lowest BCUT2D eigenvalue weighted by atomic mass is 9.98. The molecule has 2 aliphatic carbocycles. The van der Waals surface area contributed by atoms with Crippen LogP contribution >= 0.6 is 0 Å². The molecule has 0 bridgehead atoms. The van der Waals surface area contributed by atoms with Crippen LogP contribution in [0.5, 0.6) is 0 Å². The van der Waals surface area contributed by atoms with E-state index in [1.54, 1.807) is 0 Å². The van der Waals surface area contributed by atoms with E-state index in [1.165, 1.54) is 25.7 Å². The molecule has 1 aromatic heterocycles. The molecule has 16 heavy (non-hydrogen) atoms. The van der Waals surface area contributed by atoms with Crippen LogP contribution in [0.25, 0.3) is 0 Å². The summed E-state index contributed by atoms with van der Waals surface area (Å²) < 4.78 is 0. The molecule has 0 amide bonds. The maximum Gasteiger partial charge on any atom is 0.128 e. The van der Waals surface area contributed by atoms with E-state index in [4.69, 9.17) is 5.73 Å². The van der Waals surface area contributed by atoms with Crippen LogP contribution in [0.4, 0.5) is 11.6 Å². The van der Waals surface area contributed by atoms with E-state index in [0.29, 0.717) is 5.82 Å². The first-order valence-electron chi connectivity index (χ1n) is 6.29. The minimum Gasteiger partial charge on any atom is -0.384 e. The second kappa shape index (κ2) is 3.96. The normalized spacial score (nSPS) is 20.1. The first-order chi connectivity index (χ1) is 7.83. The van der Waals surface area contributed by atoms with E-state index in [1.807, 2.05) is 18.2 Å². The summed E-state index contributed by atoms with van der Waals surface area (Å²) >= 11 is 0. The Kier molecular flexibility index (Phi) is 2.46. The third kappa shape index (κ3) is 2.29. The van der Waals surface area contributed by atoms with Gasteiger partial charge in [-0.2, -0.15) is 0 Å². The van der Waals surface area contributed by atoms with Crippen LogP contribution in [0.3, 0.4) is 0 Å². The van der Waals surface area contributed by atoms with Crippen LogP contribution in [-0.4, -0.2) is 11.5 Å². The lowest BCUT2D eigenvalue weighted by Gasteiger charge is -2.16. The summed E-state index contributed by atoms with van der Waals surface area (Å²) in [5, 5.41) is 3.44. The Morgan fingerprint density at radius 1 is 1.25 bits per heavy atom. The van der Waals surface area contributed by atoms with E-state index >= 15 is 0 Å². The second-order valence-electron chi connectivity index (χ2n) is 5.17. The van der Waals surface area contributed by atoms with Gasteiger partial charge in [0.1, 0.15) is 11.6 Å². The molecule has 1 aromatic rings. The highest BCUT2D eigenvalue weighted by Gasteiger charge is 2.40. The van der Waals surface area contributed by atoms with Crippen molar-refractivity contribution in [3.05, 3.63) is 18.2 Å². The molecule has 1 heterocycles. The second-order valence-corrected chi connectivity index (χ2v) is 5.17. The number of rotatable bonds is 5. The molecule has 86 valence electrons. The van der Waals surface area contributed by atoms with Crippen LogP contribution in [0, 0.1) is 17.8 Å². The van der Waals surface area contributed by atoms with Gasteiger partial charge < -0.3 is 11.1 Å². The van der Waals surface area contributed by atoms with Gasteiger partial charge in [-0.05, 0) is 55.6 Å². The molecule has 3 nitrogen and oxygen atoms in total. The molecule has 0 aliphatic heterocycles. The van der Waals surface area contributed by atoms with Crippen molar-refractivity contribution < 1.29 is 0 Å². The van der Waals surface area contributed by atoms with Crippen molar-refractivity contribution in [3.63, 3.8) is 0 Å². The fraction of sp³-hybridized carbons (Fsp3) is 0.615. The van der Waals surface area contributed by atoms with Crippen LogP contribution in [-0.2, 0) is 0 Å². The average Bonchev–Trinajstić information content (AvgIpc) is 3.13. The molecule has 0 unspecified atom stereocenters. The van der Waals surface area contributed by atoms with E-state index in [0.717, 1.165) is 30.1 Å². The first kappa shape index (κ1) is 9.94. The topological polar surface area (TPSA) is 50.9 Å². The summed E-state index contributed by atoms with van der Waals surface area (Å²) in [4.78, 5) is 4.27. The lowest BCUT2D eigenvalue weighted by molar-refractivity contribution is 0.428. The van der Waals surface area contributed by atoms with Crippen molar-refractivity contribution in [1.29, 1.82) is 0 Å². The standard InChI is InChI=1S/C13H19N3/c14-12-2-1-3-13(16-12)15-8-11(9-4-5-9)10-6-7-10/h1-3,9-11H,4-8H2,(H3,14,15,16). The van der Waals surface area contributed by atoms with E-state index in [2.05, 4.69) is 10.3 Å². The van der Waals surface area contributed by atoms with Crippen molar-refractivity contribution in [2.75, 3.05) is 17.6 Å². The van der Waals surface area contributed by atoms with Gasteiger partial charge in [-0.1, -0.05) is 6.07 Å². The highest BCUT2D eigenvalue weighted by molar-refractivity contribution is 5.42. The number of nitrogens with zero attached hydrogens (tertiary/aromatic N) is 1. The molecule has 2 fully saturated rings. The SMILES string of the molecule is Nc1cccc(NCC(C2CC2)C2CC2)n1. The largest absolute Gasteiger partial charge is 0.384 e.